The summed E-state index contributed by atoms with van der Waals surface area (Å²) in [6.45, 7) is 3.50. The molecule has 0 radical (unpaired) electrons. The van der Waals surface area contributed by atoms with Crippen molar-refractivity contribution in [3.63, 3.8) is 0 Å². The van der Waals surface area contributed by atoms with E-state index in [1.807, 2.05) is 0 Å². The lowest BCUT2D eigenvalue weighted by molar-refractivity contribution is -0.384. The molecule has 9 heteroatoms. The highest BCUT2D eigenvalue weighted by atomic mass is 32.1. The Balaban J connectivity index is 2.02. The summed E-state index contributed by atoms with van der Waals surface area (Å²) in [5, 5.41) is 19.2. The number of carbonyl (C=O) groups excluding carboxylic acids is 2. The van der Waals surface area contributed by atoms with E-state index >= 15 is 0 Å². The average molecular weight is 372 g/mol. The Morgan fingerprint density at radius 2 is 1.88 bits per heavy atom. The molecule has 134 valence electrons. The number of hydrogen-bond acceptors (Lipinski definition) is 6. The van der Waals surface area contributed by atoms with E-state index in [4.69, 9.17) is 0 Å². The number of rotatable bonds is 6. The number of nitrogens with zero attached hydrogens (tertiary/aromatic N) is 2. The van der Waals surface area contributed by atoms with Gasteiger partial charge < -0.3 is 5.32 Å². The minimum absolute atomic E-state index is 0.0224. The monoisotopic (exact) mass is 372 g/mol. The van der Waals surface area contributed by atoms with E-state index in [1.54, 1.807) is 25.3 Å². The summed E-state index contributed by atoms with van der Waals surface area (Å²) in [7, 11) is 0. The molecule has 2 amide bonds. The van der Waals surface area contributed by atoms with Gasteiger partial charge >= 0.3 is 0 Å². The molecule has 1 aromatic carbocycles. The van der Waals surface area contributed by atoms with Gasteiger partial charge in [0.1, 0.15) is 5.00 Å². The van der Waals surface area contributed by atoms with Crippen LogP contribution in [0.3, 0.4) is 0 Å². The average Bonchev–Trinajstić information content (AvgIpc) is 3.06. The van der Waals surface area contributed by atoms with E-state index in [2.05, 4.69) is 15.8 Å². The highest BCUT2D eigenvalue weighted by Gasteiger charge is 2.13. The first kappa shape index (κ1) is 19.0. The summed E-state index contributed by atoms with van der Waals surface area (Å²) in [5.74, 6) is -0.836. The largest absolute Gasteiger partial charge is 0.313 e. The van der Waals surface area contributed by atoms with Crippen molar-refractivity contribution in [1.29, 1.82) is 0 Å². The van der Waals surface area contributed by atoms with E-state index in [1.165, 1.54) is 47.8 Å². The Kier molecular flexibility index (Phi) is 6.34. The number of amides is 2. The summed E-state index contributed by atoms with van der Waals surface area (Å²) in [6, 6.07) is 7.38. The zero-order valence-electron chi connectivity index (χ0n) is 14.1. The van der Waals surface area contributed by atoms with Crippen molar-refractivity contribution in [2.24, 2.45) is 5.10 Å². The van der Waals surface area contributed by atoms with Gasteiger partial charge in [0.25, 0.3) is 11.6 Å². The smallest absolute Gasteiger partial charge is 0.274 e. The summed E-state index contributed by atoms with van der Waals surface area (Å²) in [6.07, 6.45) is 2.81. The predicted octanol–water partition coefficient (Wildman–Crippen LogP) is 3.43. The Bertz CT molecular complexity index is 880. The van der Waals surface area contributed by atoms with Crippen LogP contribution in [-0.4, -0.2) is 22.4 Å². The molecule has 0 saturated carbocycles. The quantitative estimate of drug-likeness (QED) is 0.350. The summed E-state index contributed by atoms with van der Waals surface area (Å²) < 4.78 is 0. The van der Waals surface area contributed by atoms with Crippen LogP contribution in [0.2, 0.25) is 0 Å². The van der Waals surface area contributed by atoms with Gasteiger partial charge in [-0.25, -0.2) is 5.43 Å². The fraction of sp³-hybridized carbons (Fsp3) is 0.118. The minimum atomic E-state index is -0.492. The lowest BCUT2D eigenvalue weighted by Gasteiger charge is -2.03. The molecule has 0 spiro atoms. The van der Waals surface area contributed by atoms with Crippen LogP contribution in [0.1, 0.15) is 29.8 Å². The van der Waals surface area contributed by atoms with Crippen molar-refractivity contribution >= 4 is 45.6 Å². The Morgan fingerprint density at radius 3 is 2.50 bits per heavy atom. The lowest BCUT2D eigenvalue weighted by atomic mass is 10.2. The van der Waals surface area contributed by atoms with Crippen LogP contribution in [0.15, 0.2) is 46.9 Å². The number of nitro groups is 1. The number of thiophene rings is 1. The molecule has 1 aromatic heterocycles. The Hall–Kier alpha value is -3.33. The van der Waals surface area contributed by atoms with Crippen molar-refractivity contribution < 1.29 is 14.5 Å². The molecule has 0 aliphatic carbocycles. The molecule has 0 atom stereocenters. The molecule has 0 unspecified atom stereocenters. The van der Waals surface area contributed by atoms with E-state index in [0.717, 1.165) is 0 Å². The molecule has 0 aliphatic rings. The van der Waals surface area contributed by atoms with Crippen LogP contribution < -0.4 is 10.7 Å². The van der Waals surface area contributed by atoms with Gasteiger partial charge in [-0.05, 0) is 49.1 Å². The van der Waals surface area contributed by atoms with E-state index in [-0.39, 0.29) is 5.69 Å². The number of hydrazone groups is 1. The standard InChI is InChI=1S/C17H16N4O4S/c1-11(2)19-20-16(23)14-9-10-26-17(14)18-15(22)8-5-12-3-6-13(7-4-12)21(24)25/h3-10H,1-2H3,(H,18,22)(H,20,23). The molecule has 0 aliphatic heterocycles. The van der Waals surface area contributed by atoms with E-state index < -0.39 is 16.7 Å². The van der Waals surface area contributed by atoms with Gasteiger partial charge in [0.15, 0.2) is 0 Å². The zero-order valence-corrected chi connectivity index (χ0v) is 14.9. The molecule has 2 aromatic rings. The third kappa shape index (κ3) is 5.35. The van der Waals surface area contributed by atoms with Gasteiger partial charge in [-0.1, -0.05) is 0 Å². The van der Waals surface area contributed by atoms with Gasteiger partial charge in [-0.3, -0.25) is 19.7 Å². The molecular formula is C17H16N4O4S. The van der Waals surface area contributed by atoms with Gasteiger partial charge in [0.05, 0.1) is 10.5 Å². The SMILES string of the molecule is CC(C)=NNC(=O)c1ccsc1NC(=O)C=Cc1ccc([N+](=O)[O-])cc1. The highest BCUT2D eigenvalue weighted by Crippen LogP contribution is 2.23. The number of benzene rings is 1. The van der Waals surface area contributed by atoms with Crippen LogP contribution >= 0.6 is 11.3 Å². The molecule has 2 N–H and O–H groups in total. The lowest BCUT2D eigenvalue weighted by Crippen LogP contribution is -2.20. The summed E-state index contributed by atoms with van der Waals surface area (Å²) in [4.78, 5) is 34.2. The first-order chi connectivity index (χ1) is 12.4. The van der Waals surface area contributed by atoms with Crippen molar-refractivity contribution in [2.45, 2.75) is 13.8 Å². The maximum absolute atomic E-state index is 12.0. The highest BCUT2D eigenvalue weighted by molar-refractivity contribution is 7.14. The van der Waals surface area contributed by atoms with Gasteiger partial charge in [-0.15, -0.1) is 11.3 Å². The third-order valence-electron chi connectivity index (χ3n) is 3.06. The maximum atomic E-state index is 12.0. The third-order valence-corrected chi connectivity index (χ3v) is 3.89. The molecule has 8 nitrogen and oxygen atoms in total. The fourth-order valence-corrected chi connectivity index (χ4v) is 2.63. The van der Waals surface area contributed by atoms with Gasteiger partial charge in [0, 0.05) is 23.9 Å². The van der Waals surface area contributed by atoms with Crippen molar-refractivity contribution in [3.8, 4) is 0 Å². The minimum Gasteiger partial charge on any atom is -0.313 e. The molecule has 26 heavy (non-hydrogen) atoms. The second kappa shape index (κ2) is 8.67. The topological polar surface area (TPSA) is 114 Å². The molecule has 0 fully saturated rings. The second-order valence-electron chi connectivity index (χ2n) is 5.33. The molecule has 1 heterocycles. The number of nitro benzene ring substituents is 1. The van der Waals surface area contributed by atoms with Crippen LogP contribution in [0, 0.1) is 10.1 Å². The van der Waals surface area contributed by atoms with Crippen molar-refractivity contribution in [2.75, 3.05) is 5.32 Å². The molecule has 0 saturated heterocycles. The van der Waals surface area contributed by atoms with Crippen LogP contribution in [0.25, 0.3) is 6.08 Å². The van der Waals surface area contributed by atoms with E-state index in [0.29, 0.717) is 21.8 Å². The molecule has 2 rings (SSSR count). The Morgan fingerprint density at radius 1 is 1.19 bits per heavy atom. The first-order valence-corrected chi connectivity index (χ1v) is 8.37. The fourth-order valence-electron chi connectivity index (χ4n) is 1.84. The molecule has 0 bridgehead atoms. The maximum Gasteiger partial charge on any atom is 0.274 e. The number of nitrogens with one attached hydrogen (secondary N) is 2. The van der Waals surface area contributed by atoms with E-state index in [9.17, 15) is 19.7 Å². The number of non-ortho nitro benzene ring substituents is 1. The molecular weight excluding hydrogens is 356 g/mol. The predicted molar refractivity (Wildman–Crippen MR) is 101 cm³/mol. The second-order valence-corrected chi connectivity index (χ2v) is 6.25. The van der Waals surface area contributed by atoms with Crippen molar-refractivity contribution in [1.82, 2.24) is 5.43 Å². The van der Waals surface area contributed by atoms with Gasteiger partial charge in [-0.2, -0.15) is 5.10 Å². The zero-order chi connectivity index (χ0) is 19.1. The number of hydrogen-bond donors (Lipinski definition) is 2. The van der Waals surface area contributed by atoms with Crippen LogP contribution in [-0.2, 0) is 4.79 Å². The first-order valence-electron chi connectivity index (χ1n) is 7.49. The van der Waals surface area contributed by atoms with Crippen LogP contribution in [0.5, 0.6) is 0 Å². The normalized spacial score (nSPS) is 10.4. The number of anilines is 1. The van der Waals surface area contributed by atoms with Crippen LogP contribution in [0.4, 0.5) is 10.7 Å². The van der Waals surface area contributed by atoms with Gasteiger partial charge in [0.2, 0.25) is 5.91 Å². The number of carbonyl (C=O) groups is 2. The Labute approximate surface area is 153 Å². The van der Waals surface area contributed by atoms with Crippen molar-refractivity contribution in [3.05, 3.63) is 63.0 Å². The summed E-state index contributed by atoms with van der Waals surface area (Å²) in [5.41, 5.74) is 4.04. The summed E-state index contributed by atoms with van der Waals surface area (Å²) >= 11 is 1.22.